The van der Waals surface area contributed by atoms with E-state index in [0.29, 0.717) is 17.8 Å². The van der Waals surface area contributed by atoms with E-state index >= 15 is 0 Å². The molecule has 0 aromatic carbocycles. The molecule has 2 nitrogen and oxygen atoms in total. The van der Waals surface area contributed by atoms with Crippen LogP contribution in [0.15, 0.2) is 23.3 Å². The Bertz CT molecular complexity index is 687. The van der Waals surface area contributed by atoms with Gasteiger partial charge in [-0.25, -0.2) is 0 Å². The monoisotopic (exact) mass is 400 g/mol. The topological polar surface area (TPSA) is 40.5 Å². The molecule has 4 aliphatic carbocycles. The Labute approximate surface area is 178 Å². The molecule has 0 aliphatic heterocycles. The lowest BCUT2D eigenvalue weighted by Gasteiger charge is -2.55. The van der Waals surface area contributed by atoms with Crippen molar-refractivity contribution in [2.24, 2.45) is 34.5 Å². The van der Waals surface area contributed by atoms with E-state index in [1.807, 2.05) is 0 Å². The van der Waals surface area contributed by atoms with E-state index in [0.717, 1.165) is 38.0 Å². The van der Waals surface area contributed by atoms with E-state index in [4.69, 9.17) is 0 Å². The van der Waals surface area contributed by atoms with Crippen molar-refractivity contribution >= 4 is 0 Å². The molecule has 3 fully saturated rings. The number of allylic oxidation sites excluding steroid dienone is 3. The van der Waals surface area contributed by atoms with Crippen LogP contribution in [0.25, 0.3) is 0 Å². The third kappa shape index (κ3) is 3.57. The molecule has 0 aromatic heterocycles. The Kier molecular flexibility index (Phi) is 5.61. The first-order valence-electron chi connectivity index (χ1n) is 12.4. The second kappa shape index (κ2) is 7.52. The minimum atomic E-state index is -0.541. The zero-order valence-corrected chi connectivity index (χ0v) is 19.5. The van der Waals surface area contributed by atoms with Gasteiger partial charge in [-0.1, -0.05) is 63.8 Å². The Morgan fingerprint density at radius 2 is 1.83 bits per heavy atom. The van der Waals surface area contributed by atoms with Crippen LogP contribution in [0.2, 0.25) is 0 Å². The molecule has 4 rings (SSSR count). The van der Waals surface area contributed by atoms with Crippen molar-refractivity contribution in [2.45, 2.75) is 111 Å². The molecule has 2 heteroatoms. The highest BCUT2D eigenvalue weighted by Gasteiger charge is 2.59. The summed E-state index contributed by atoms with van der Waals surface area (Å²) in [6.07, 6.45) is 15.8. The molecule has 0 radical (unpaired) electrons. The molecule has 164 valence electrons. The minimum Gasteiger partial charge on any atom is -0.393 e. The molecule has 1 unspecified atom stereocenters. The average Bonchev–Trinajstić information content (AvgIpc) is 3.00. The normalized spacial score (nSPS) is 43.7. The molecule has 0 aromatic rings. The SMILES string of the molecule is CC(C)CCCC(C)(O)[C@H]1CC[C@H]2C3=CC=C4C[C@@H](O)CC[C@@]4(C)[C@@H]3CC[C@]12C. The molecule has 0 bridgehead atoms. The molecule has 0 spiro atoms. The van der Waals surface area contributed by atoms with Crippen molar-refractivity contribution in [3.8, 4) is 0 Å². The van der Waals surface area contributed by atoms with Gasteiger partial charge in [-0.15, -0.1) is 0 Å². The van der Waals surface area contributed by atoms with Gasteiger partial charge in [0.05, 0.1) is 11.7 Å². The van der Waals surface area contributed by atoms with E-state index in [-0.39, 0.29) is 16.9 Å². The van der Waals surface area contributed by atoms with Crippen molar-refractivity contribution in [2.75, 3.05) is 0 Å². The van der Waals surface area contributed by atoms with Gasteiger partial charge in [-0.05, 0) is 92.8 Å². The van der Waals surface area contributed by atoms with Crippen molar-refractivity contribution in [1.82, 2.24) is 0 Å². The lowest BCUT2D eigenvalue weighted by molar-refractivity contribution is -0.0726. The number of fused-ring (bicyclic) bond motifs is 5. The highest BCUT2D eigenvalue weighted by Crippen LogP contribution is 2.66. The summed E-state index contributed by atoms with van der Waals surface area (Å²) in [4.78, 5) is 0. The van der Waals surface area contributed by atoms with Crippen LogP contribution in [-0.2, 0) is 0 Å². The largest absolute Gasteiger partial charge is 0.393 e. The zero-order chi connectivity index (χ0) is 21.0. The van der Waals surface area contributed by atoms with Crippen LogP contribution in [0, 0.1) is 34.5 Å². The van der Waals surface area contributed by atoms with Crippen molar-refractivity contribution in [3.05, 3.63) is 23.3 Å². The summed E-state index contributed by atoms with van der Waals surface area (Å²) < 4.78 is 0. The Hall–Kier alpha value is -0.600. The smallest absolute Gasteiger partial charge is 0.0653 e. The maximum absolute atomic E-state index is 11.5. The van der Waals surface area contributed by atoms with Gasteiger partial charge in [-0.2, -0.15) is 0 Å². The molecule has 2 N–H and O–H groups in total. The van der Waals surface area contributed by atoms with Crippen molar-refractivity contribution in [1.29, 1.82) is 0 Å². The molecule has 29 heavy (non-hydrogen) atoms. The van der Waals surface area contributed by atoms with Gasteiger partial charge in [0.25, 0.3) is 0 Å². The Morgan fingerprint density at radius 3 is 2.55 bits per heavy atom. The fraction of sp³-hybridized carbons (Fsp3) is 0.852. The second-order valence-electron chi connectivity index (χ2n) is 12.1. The van der Waals surface area contributed by atoms with Gasteiger partial charge in [-0.3, -0.25) is 0 Å². The summed E-state index contributed by atoms with van der Waals surface area (Å²) in [6.45, 7) is 11.7. The van der Waals surface area contributed by atoms with Gasteiger partial charge >= 0.3 is 0 Å². The van der Waals surface area contributed by atoms with Crippen LogP contribution in [0.5, 0.6) is 0 Å². The van der Waals surface area contributed by atoms with Crippen LogP contribution >= 0.6 is 0 Å². The number of hydrogen-bond acceptors (Lipinski definition) is 2. The highest BCUT2D eigenvalue weighted by atomic mass is 16.3. The van der Waals surface area contributed by atoms with Gasteiger partial charge in [0.1, 0.15) is 0 Å². The van der Waals surface area contributed by atoms with Crippen LogP contribution in [0.3, 0.4) is 0 Å². The van der Waals surface area contributed by atoms with Gasteiger partial charge in [0.2, 0.25) is 0 Å². The minimum absolute atomic E-state index is 0.144. The van der Waals surface area contributed by atoms with E-state index in [9.17, 15) is 10.2 Å². The summed E-state index contributed by atoms with van der Waals surface area (Å²) >= 11 is 0. The van der Waals surface area contributed by atoms with Crippen LogP contribution in [-0.4, -0.2) is 21.9 Å². The van der Waals surface area contributed by atoms with E-state index in [2.05, 4.69) is 46.8 Å². The van der Waals surface area contributed by atoms with Crippen LogP contribution in [0.4, 0.5) is 0 Å². The fourth-order valence-corrected chi connectivity index (χ4v) is 8.05. The number of rotatable bonds is 5. The summed E-state index contributed by atoms with van der Waals surface area (Å²) in [6, 6.07) is 0. The third-order valence-corrected chi connectivity index (χ3v) is 9.76. The molecule has 4 aliphatic rings. The van der Waals surface area contributed by atoms with Crippen LogP contribution < -0.4 is 0 Å². The first-order valence-corrected chi connectivity index (χ1v) is 12.4. The quantitative estimate of drug-likeness (QED) is 0.559. The van der Waals surface area contributed by atoms with Crippen molar-refractivity contribution < 1.29 is 10.2 Å². The second-order valence-corrected chi connectivity index (χ2v) is 12.1. The van der Waals surface area contributed by atoms with Gasteiger partial charge in [0, 0.05) is 0 Å². The van der Waals surface area contributed by atoms with Gasteiger partial charge < -0.3 is 10.2 Å². The molecule has 0 amide bonds. The summed E-state index contributed by atoms with van der Waals surface area (Å²) in [7, 11) is 0. The third-order valence-electron chi connectivity index (χ3n) is 9.76. The van der Waals surface area contributed by atoms with E-state index in [1.54, 1.807) is 5.57 Å². The zero-order valence-electron chi connectivity index (χ0n) is 19.5. The average molecular weight is 401 g/mol. The number of aliphatic hydroxyl groups excluding tert-OH is 1. The molecule has 3 saturated carbocycles. The first kappa shape index (κ1) is 21.6. The van der Waals surface area contributed by atoms with Gasteiger partial charge in [0.15, 0.2) is 0 Å². The summed E-state index contributed by atoms with van der Waals surface area (Å²) in [5.41, 5.74) is 3.12. The lowest BCUT2D eigenvalue weighted by Crippen LogP contribution is -2.49. The van der Waals surface area contributed by atoms with Crippen LogP contribution in [0.1, 0.15) is 98.8 Å². The molecule has 7 atom stereocenters. The van der Waals surface area contributed by atoms with E-state index < -0.39 is 5.60 Å². The molecular weight excluding hydrogens is 356 g/mol. The predicted octanol–water partition coefficient (Wildman–Crippen LogP) is 6.42. The number of hydrogen-bond donors (Lipinski definition) is 2. The maximum atomic E-state index is 11.5. The van der Waals surface area contributed by atoms with Crippen molar-refractivity contribution in [3.63, 3.8) is 0 Å². The molecular formula is C27H44O2. The summed E-state index contributed by atoms with van der Waals surface area (Å²) in [5, 5.41) is 21.7. The Balaban J connectivity index is 1.57. The van der Waals surface area contributed by atoms with E-state index in [1.165, 1.54) is 37.7 Å². The first-order chi connectivity index (χ1) is 13.6. The molecule has 0 heterocycles. The summed E-state index contributed by atoms with van der Waals surface area (Å²) in [5.74, 6) is 2.42. The number of aliphatic hydroxyl groups is 2. The highest BCUT2D eigenvalue weighted by molar-refractivity contribution is 5.39. The molecule has 0 saturated heterocycles. The maximum Gasteiger partial charge on any atom is 0.0653 e. The predicted molar refractivity (Wildman–Crippen MR) is 120 cm³/mol. The standard InChI is InChI=1S/C27H44O2/c1-18(2)7-6-14-27(5,29)24-11-10-22-21-9-8-19-17-20(28)12-15-25(19,3)23(21)13-16-26(22,24)4/h8-9,18,20,22-24,28-29H,6-7,10-17H2,1-5H3/t20-,22-,23+,24-,25+,26-,27?/m0/s1. The Morgan fingerprint density at radius 1 is 1.07 bits per heavy atom. The fourth-order valence-electron chi connectivity index (χ4n) is 8.05. The lowest BCUT2D eigenvalue weighted by atomic mass is 9.49.